The van der Waals surface area contributed by atoms with Gasteiger partial charge < -0.3 is 10.1 Å². The zero-order chi connectivity index (χ0) is 13.1. The molecule has 0 amide bonds. The number of hydrogen-bond donors (Lipinski definition) is 1. The first-order chi connectivity index (χ1) is 9.33. The molecule has 4 heteroatoms. The molecule has 2 nitrogen and oxygen atoms in total. The lowest BCUT2D eigenvalue weighted by molar-refractivity contribution is 0.0588. The van der Waals surface area contributed by atoms with Crippen molar-refractivity contribution in [1.29, 1.82) is 0 Å². The van der Waals surface area contributed by atoms with Gasteiger partial charge >= 0.3 is 0 Å². The number of ether oxygens (including phenoxy) is 1. The average molecular weight is 300 g/mol. The molecule has 1 aromatic heterocycles. The van der Waals surface area contributed by atoms with Gasteiger partial charge in [-0.1, -0.05) is 24.4 Å². The van der Waals surface area contributed by atoms with Crippen LogP contribution in [0.15, 0.2) is 6.07 Å². The topological polar surface area (TPSA) is 21.3 Å². The Kier molecular flexibility index (Phi) is 4.80. The van der Waals surface area contributed by atoms with E-state index in [0.29, 0.717) is 12.1 Å². The van der Waals surface area contributed by atoms with E-state index < -0.39 is 0 Å². The fourth-order valence-corrected chi connectivity index (χ4v) is 4.63. The van der Waals surface area contributed by atoms with Crippen LogP contribution >= 0.6 is 22.9 Å². The average Bonchev–Trinajstić information content (AvgIpc) is 3.02. The molecule has 1 aromatic rings. The van der Waals surface area contributed by atoms with E-state index in [1.807, 2.05) is 0 Å². The number of hydrogen-bond acceptors (Lipinski definition) is 3. The molecule has 19 heavy (non-hydrogen) atoms. The van der Waals surface area contributed by atoms with Crippen LogP contribution in [-0.4, -0.2) is 19.3 Å². The Morgan fingerprint density at radius 2 is 2.11 bits per heavy atom. The first-order valence-corrected chi connectivity index (χ1v) is 8.65. The molecule has 1 N–H and O–H groups in total. The monoisotopic (exact) mass is 299 g/mol. The minimum atomic E-state index is 0.486. The third kappa shape index (κ3) is 3.52. The summed E-state index contributed by atoms with van der Waals surface area (Å²) in [6, 6.07) is 2.63. The number of thiophene rings is 1. The Morgan fingerprint density at radius 1 is 1.26 bits per heavy atom. The minimum absolute atomic E-state index is 0.486. The van der Waals surface area contributed by atoms with Crippen LogP contribution in [0.3, 0.4) is 0 Å². The first-order valence-electron chi connectivity index (χ1n) is 7.46. The molecular weight excluding hydrogens is 278 g/mol. The molecule has 0 spiro atoms. The fourth-order valence-electron chi connectivity index (χ4n) is 3.25. The summed E-state index contributed by atoms with van der Waals surface area (Å²) in [5.41, 5.74) is 1.43. The van der Waals surface area contributed by atoms with Crippen molar-refractivity contribution >= 4 is 22.9 Å². The summed E-state index contributed by atoms with van der Waals surface area (Å²) >= 11 is 7.88. The Balaban J connectivity index is 1.45. The first kappa shape index (κ1) is 13.9. The van der Waals surface area contributed by atoms with Gasteiger partial charge in [0.1, 0.15) is 0 Å². The van der Waals surface area contributed by atoms with E-state index >= 15 is 0 Å². The Labute approximate surface area is 124 Å². The van der Waals surface area contributed by atoms with Gasteiger partial charge in [0, 0.05) is 17.5 Å². The molecule has 3 rings (SSSR count). The second-order valence-electron chi connectivity index (χ2n) is 5.61. The molecule has 1 heterocycles. The van der Waals surface area contributed by atoms with Crippen molar-refractivity contribution in [3.05, 3.63) is 20.8 Å². The van der Waals surface area contributed by atoms with Crippen LogP contribution in [0.4, 0.5) is 0 Å². The van der Waals surface area contributed by atoms with E-state index in [1.54, 1.807) is 11.3 Å². The maximum absolute atomic E-state index is 6.13. The van der Waals surface area contributed by atoms with E-state index in [9.17, 15) is 0 Å². The molecule has 0 radical (unpaired) electrons. The van der Waals surface area contributed by atoms with Crippen LogP contribution in [0, 0.1) is 0 Å². The summed E-state index contributed by atoms with van der Waals surface area (Å²) in [6.07, 6.45) is 9.42. The van der Waals surface area contributed by atoms with Crippen molar-refractivity contribution in [2.75, 3.05) is 13.2 Å². The lowest BCUT2D eigenvalue weighted by atomic mass is 9.94. The SMILES string of the molecule is Clc1cc2c(s1)CCCC2NCCOC1CCCC1. The summed E-state index contributed by atoms with van der Waals surface area (Å²) in [7, 11) is 0. The van der Waals surface area contributed by atoms with Crippen LogP contribution in [-0.2, 0) is 11.2 Å². The van der Waals surface area contributed by atoms with Gasteiger partial charge in [0.15, 0.2) is 0 Å². The summed E-state index contributed by atoms with van der Waals surface area (Å²) in [6.45, 7) is 1.79. The lowest BCUT2D eigenvalue weighted by Gasteiger charge is -2.24. The maximum atomic E-state index is 6.13. The van der Waals surface area contributed by atoms with Crippen molar-refractivity contribution < 1.29 is 4.74 Å². The van der Waals surface area contributed by atoms with Crippen molar-refractivity contribution in [2.24, 2.45) is 0 Å². The van der Waals surface area contributed by atoms with Crippen LogP contribution < -0.4 is 5.32 Å². The van der Waals surface area contributed by atoms with Gasteiger partial charge in [0.2, 0.25) is 0 Å². The Bertz CT molecular complexity index is 414. The molecule has 1 fully saturated rings. The molecule has 1 saturated carbocycles. The standard InChI is InChI=1S/C15H22ClNOS/c16-15-10-12-13(6-3-7-14(12)19-15)17-8-9-18-11-4-1-2-5-11/h10-11,13,17H,1-9H2. The summed E-state index contributed by atoms with van der Waals surface area (Å²) < 4.78 is 6.83. The largest absolute Gasteiger partial charge is 0.377 e. The number of aryl methyl sites for hydroxylation is 1. The maximum Gasteiger partial charge on any atom is 0.0934 e. The van der Waals surface area contributed by atoms with Gasteiger partial charge in [-0.25, -0.2) is 0 Å². The van der Waals surface area contributed by atoms with E-state index in [2.05, 4.69) is 11.4 Å². The molecule has 0 saturated heterocycles. The van der Waals surface area contributed by atoms with Gasteiger partial charge in [0.25, 0.3) is 0 Å². The van der Waals surface area contributed by atoms with E-state index in [-0.39, 0.29) is 0 Å². The van der Waals surface area contributed by atoms with Crippen molar-refractivity contribution in [3.8, 4) is 0 Å². The van der Waals surface area contributed by atoms with Gasteiger partial charge in [-0.2, -0.15) is 0 Å². The second-order valence-corrected chi connectivity index (χ2v) is 7.37. The fraction of sp³-hybridized carbons (Fsp3) is 0.733. The Morgan fingerprint density at radius 3 is 2.95 bits per heavy atom. The van der Waals surface area contributed by atoms with Gasteiger partial charge in [-0.15, -0.1) is 11.3 Å². The third-order valence-corrected chi connectivity index (χ3v) is 5.57. The molecule has 0 aromatic carbocycles. The van der Waals surface area contributed by atoms with Crippen molar-refractivity contribution in [1.82, 2.24) is 5.32 Å². The van der Waals surface area contributed by atoms with E-state index in [0.717, 1.165) is 17.5 Å². The lowest BCUT2D eigenvalue weighted by Crippen LogP contribution is -2.28. The third-order valence-electron chi connectivity index (χ3n) is 4.23. The van der Waals surface area contributed by atoms with Crippen LogP contribution in [0.5, 0.6) is 0 Å². The quantitative estimate of drug-likeness (QED) is 0.817. The summed E-state index contributed by atoms with van der Waals surface area (Å²) in [4.78, 5) is 1.48. The highest BCUT2D eigenvalue weighted by atomic mass is 35.5. The minimum Gasteiger partial charge on any atom is -0.377 e. The highest BCUT2D eigenvalue weighted by Crippen LogP contribution is 2.37. The second kappa shape index (κ2) is 6.57. The smallest absolute Gasteiger partial charge is 0.0934 e. The zero-order valence-corrected chi connectivity index (χ0v) is 12.9. The molecule has 0 aliphatic heterocycles. The summed E-state index contributed by atoms with van der Waals surface area (Å²) in [5, 5.41) is 3.64. The van der Waals surface area contributed by atoms with Crippen LogP contribution in [0.2, 0.25) is 4.34 Å². The van der Waals surface area contributed by atoms with E-state index in [4.69, 9.17) is 16.3 Å². The van der Waals surface area contributed by atoms with Crippen molar-refractivity contribution in [2.45, 2.75) is 57.1 Å². The molecule has 106 valence electrons. The van der Waals surface area contributed by atoms with Crippen LogP contribution in [0.25, 0.3) is 0 Å². The highest BCUT2D eigenvalue weighted by Gasteiger charge is 2.22. The van der Waals surface area contributed by atoms with Crippen LogP contribution in [0.1, 0.15) is 55.0 Å². The molecule has 2 aliphatic carbocycles. The molecule has 1 atom stereocenters. The summed E-state index contributed by atoms with van der Waals surface area (Å²) in [5.74, 6) is 0. The number of nitrogens with one attached hydrogen (secondary N) is 1. The van der Waals surface area contributed by atoms with Gasteiger partial charge in [-0.05, 0) is 43.7 Å². The molecule has 2 aliphatic rings. The molecular formula is C15H22ClNOS. The number of halogens is 1. The van der Waals surface area contributed by atoms with Crippen molar-refractivity contribution in [3.63, 3.8) is 0 Å². The molecule has 0 bridgehead atoms. The van der Waals surface area contributed by atoms with Gasteiger partial charge in [-0.3, -0.25) is 0 Å². The predicted octanol–water partition coefficient (Wildman–Crippen LogP) is 4.33. The number of rotatable bonds is 5. The number of fused-ring (bicyclic) bond motifs is 1. The predicted molar refractivity (Wildman–Crippen MR) is 81.2 cm³/mol. The zero-order valence-electron chi connectivity index (χ0n) is 11.3. The highest BCUT2D eigenvalue weighted by molar-refractivity contribution is 7.16. The van der Waals surface area contributed by atoms with E-state index in [1.165, 1.54) is 55.4 Å². The van der Waals surface area contributed by atoms with Gasteiger partial charge in [0.05, 0.1) is 17.0 Å². The normalized spacial score (nSPS) is 23.7. The Hall–Kier alpha value is -0.0900. The molecule has 1 unspecified atom stereocenters.